The number of aromatic nitrogens is 3. The summed E-state index contributed by atoms with van der Waals surface area (Å²) in [7, 11) is 0. The second kappa shape index (κ2) is 7.73. The van der Waals surface area contributed by atoms with Gasteiger partial charge in [-0.2, -0.15) is 0 Å². The molecule has 3 N–H and O–H groups in total. The molecule has 1 fully saturated rings. The van der Waals surface area contributed by atoms with Crippen molar-refractivity contribution in [2.75, 3.05) is 23.7 Å². The summed E-state index contributed by atoms with van der Waals surface area (Å²) in [4.78, 5) is 13.4. The fraction of sp³-hybridized carbons (Fsp3) is 0.190. The van der Waals surface area contributed by atoms with E-state index in [0.717, 1.165) is 41.2 Å². The number of para-hydroxylation sites is 1. The van der Waals surface area contributed by atoms with Crippen molar-refractivity contribution in [1.29, 1.82) is 0 Å². The lowest BCUT2D eigenvalue weighted by molar-refractivity contribution is 0.624. The lowest BCUT2D eigenvalue weighted by Gasteiger charge is -2.14. The smallest absolute Gasteiger partial charge is 0.165 e. The Hall–Kier alpha value is -3.10. The van der Waals surface area contributed by atoms with Gasteiger partial charge in [-0.1, -0.05) is 18.2 Å². The Balaban J connectivity index is 1.53. The molecule has 146 valence electrons. The van der Waals surface area contributed by atoms with Gasteiger partial charge in [0.2, 0.25) is 0 Å². The molecule has 1 aliphatic heterocycles. The fourth-order valence-electron chi connectivity index (χ4n) is 3.40. The van der Waals surface area contributed by atoms with Crippen molar-refractivity contribution in [2.24, 2.45) is 0 Å². The molecule has 8 heteroatoms. The normalized spacial score (nSPS) is 16.2. The van der Waals surface area contributed by atoms with E-state index in [9.17, 15) is 4.39 Å². The SMILES string of the molecule is Fc1cnc(Nc2ccccc2)cc1-c1nc(NC2CCNC2)c2sccc2n1. The molecule has 5 rings (SSSR count). The third-order valence-electron chi connectivity index (χ3n) is 4.85. The van der Waals surface area contributed by atoms with Crippen molar-refractivity contribution >= 4 is 38.9 Å². The van der Waals surface area contributed by atoms with Crippen LogP contribution in [-0.4, -0.2) is 34.1 Å². The van der Waals surface area contributed by atoms with Crippen LogP contribution in [0, 0.1) is 5.82 Å². The van der Waals surface area contributed by atoms with E-state index in [2.05, 4.69) is 30.9 Å². The van der Waals surface area contributed by atoms with Crippen LogP contribution >= 0.6 is 11.3 Å². The number of pyridine rings is 1. The van der Waals surface area contributed by atoms with E-state index >= 15 is 0 Å². The van der Waals surface area contributed by atoms with E-state index in [1.54, 1.807) is 17.4 Å². The fourth-order valence-corrected chi connectivity index (χ4v) is 4.18. The highest BCUT2D eigenvalue weighted by atomic mass is 32.1. The van der Waals surface area contributed by atoms with Gasteiger partial charge in [-0.25, -0.2) is 19.3 Å². The van der Waals surface area contributed by atoms with Crippen molar-refractivity contribution in [3.63, 3.8) is 0 Å². The molecular weight excluding hydrogens is 387 g/mol. The first-order chi connectivity index (χ1) is 14.3. The predicted octanol–water partition coefficient (Wildman–Crippen LogP) is 4.41. The standard InChI is InChI=1S/C21H19FN6S/c22-16-12-24-18(25-13-4-2-1-3-5-13)10-15(16)20-27-17-7-9-29-19(17)21(28-20)26-14-6-8-23-11-14/h1-5,7,9-10,12,14,23H,6,8,11H2,(H,24,25)(H,26,27,28). The molecule has 0 amide bonds. The van der Waals surface area contributed by atoms with Gasteiger partial charge in [0, 0.05) is 18.3 Å². The molecule has 1 saturated heterocycles. The van der Waals surface area contributed by atoms with Gasteiger partial charge in [-0.3, -0.25) is 0 Å². The maximum atomic E-state index is 14.7. The van der Waals surface area contributed by atoms with Gasteiger partial charge in [0.1, 0.15) is 11.6 Å². The zero-order chi connectivity index (χ0) is 19.6. The van der Waals surface area contributed by atoms with Gasteiger partial charge in [0.15, 0.2) is 11.6 Å². The molecule has 4 heterocycles. The van der Waals surface area contributed by atoms with Crippen molar-refractivity contribution in [3.8, 4) is 11.4 Å². The van der Waals surface area contributed by atoms with Gasteiger partial charge in [0.05, 0.1) is 22.0 Å². The van der Waals surface area contributed by atoms with Crippen LogP contribution in [0.25, 0.3) is 21.6 Å². The van der Waals surface area contributed by atoms with Gasteiger partial charge in [0.25, 0.3) is 0 Å². The second-order valence-electron chi connectivity index (χ2n) is 6.91. The summed E-state index contributed by atoms with van der Waals surface area (Å²) in [6.07, 6.45) is 2.23. The number of thiophene rings is 1. The molecule has 0 aliphatic carbocycles. The Bertz CT molecular complexity index is 1140. The summed E-state index contributed by atoms with van der Waals surface area (Å²) in [5.41, 5.74) is 2.00. The van der Waals surface area contributed by atoms with E-state index in [-0.39, 0.29) is 0 Å². The van der Waals surface area contributed by atoms with Gasteiger partial charge in [-0.15, -0.1) is 11.3 Å². The largest absolute Gasteiger partial charge is 0.365 e. The Morgan fingerprint density at radius 1 is 1.14 bits per heavy atom. The van der Waals surface area contributed by atoms with Crippen LogP contribution in [0.3, 0.4) is 0 Å². The van der Waals surface area contributed by atoms with E-state index in [1.807, 2.05) is 41.8 Å². The summed E-state index contributed by atoms with van der Waals surface area (Å²) in [5.74, 6) is 1.19. The molecule has 0 saturated carbocycles. The van der Waals surface area contributed by atoms with Crippen LogP contribution in [-0.2, 0) is 0 Å². The Kier molecular flexibility index (Phi) is 4.79. The molecule has 1 aliphatic rings. The highest BCUT2D eigenvalue weighted by Gasteiger charge is 2.19. The van der Waals surface area contributed by atoms with Crippen molar-refractivity contribution < 1.29 is 4.39 Å². The van der Waals surface area contributed by atoms with Crippen LogP contribution in [0.2, 0.25) is 0 Å². The van der Waals surface area contributed by atoms with Crippen LogP contribution in [0.5, 0.6) is 0 Å². The van der Waals surface area contributed by atoms with Gasteiger partial charge in [-0.05, 0) is 42.6 Å². The lowest BCUT2D eigenvalue weighted by Crippen LogP contribution is -2.23. The van der Waals surface area contributed by atoms with E-state index in [1.165, 1.54) is 6.20 Å². The summed E-state index contributed by atoms with van der Waals surface area (Å²) in [5, 5.41) is 12.0. The molecule has 6 nitrogen and oxygen atoms in total. The van der Waals surface area contributed by atoms with Crippen molar-refractivity contribution in [1.82, 2.24) is 20.3 Å². The maximum Gasteiger partial charge on any atom is 0.165 e. The molecule has 1 aromatic carbocycles. The third-order valence-corrected chi connectivity index (χ3v) is 5.76. The number of halogens is 1. The molecule has 3 aromatic heterocycles. The molecule has 0 radical (unpaired) electrons. The number of benzene rings is 1. The second-order valence-corrected chi connectivity index (χ2v) is 7.82. The Morgan fingerprint density at radius 2 is 2.03 bits per heavy atom. The number of nitrogens with one attached hydrogen (secondary N) is 3. The minimum absolute atomic E-state index is 0.306. The Labute approximate surface area is 171 Å². The minimum atomic E-state index is -0.452. The van der Waals surface area contributed by atoms with Crippen molar-refractivity contribution in [2.45, 2.75) is 12.5 Å². The van der Waals surface area contributed by atoms with E-state index in [0.29, 0.717) is 23.2 Å². The maximum absolute atomic E-state index is 14.7. The number of nitrogens with zero attached hydrogens (tertiary/aromatic N) is 3. The number of fused-ring (bicyclic) bond motifs is 1. The van der Waals surface area contributed by atoms with Crippen LogP contribution in [0.15, 0.2) is 54.0 Å². The number of hydrogen-bond acceptors (Lipinski definition) is 7. The molecule has 1 unspecified atom stereocenters. The van der Waals surface area contributed by atoms with Crippen molar-refractivity contribution in [3.05, 3.63) is 59.9 Å². The predicted molar refractivity (Wildman–Crippen MR) is 115 cm³/mol. The summed E-state index contributed by atoms with van der Waals surface area (Å²) >= 11 is 1.58. The zero-order valence-electron chi connectivity index (χ0n) is 15.5. The molecule has 29 heavy (non-hydrogen) atoms. The number of hydrogen-bond donors (Lipinski definition) is 3. The summed E-state index contributed by atoms with van der Waals surface area (Å²) < 4.78 is 15.6. The first kappa shape index (κ1) is 18.0. The highest BCUT2D eigenvalue weighted by Crippen LogP contribution is 2.31. The molecule has 4 aromatic rings. The van der Waals surface area contributed by atoms with Crippen LogP contribution in [0.1, 0.15) is 6.42 Å². The number of rotatable bonds is 5. The van der Waals surface area contributed by atoms with Gasteiger partial charge >= 0.3 is 0 Å². The average Bonchev–Trinajstić information content (AvgIpc) is 3.42. The first-order valence-corrected chi connectivity index (χ1v) is 10.3. The van der Waals surface area contributed by atoms with Crippen LogP contribution in [0.4, 0.5) is 21.7 Å². The Morgan fingerprint density at radius 3 is 2.86 bits per heavy atom. The minimum Gasteiger partial charge on any atom is -0.365 e. The molecule has 1 atom stereocenters. The van der Waals surface area contributed by atoms with Crippen LogP contribution < -0.4 is 16.0 Å². The molecule has 0 spiro atoms. The topological polar surface area (TPSA) is 74.8 Å². The first-order valence-electron chi connectivity index (χ1n) is 9.47. The lowest BCUT2D eigenvalue weighted by atomic mass is 10.2. The average molecular weight is 406 g/mol. The zero-order valence-corrected chi connectivity index (χ0v) is 16.3. The quantitative estimate of drug-likeness (QED) is 0.456. The highest BCUT2D eigenvalue weighted by molar-refractivity contribution is 7.17. The summed E-state index contributed by atoms with van der Waals surface area (Å²) in [6.45, 7) is 1.87. The van der Waals surface area contributed by atoms with E-state index in [4.69, 9.17) is 0 Å². The number of anilines is 3. The monoisotopic (exact) mass is 406 g/mol. The van der Waals surface area contributed by atoms with E-state index < -0.39 is 5.82 Å². The molecule has 0 bridgehead atoms. The summed E-state index contributed by atoms with van der Waals surface area (Å²) in [6, 6.07) is 13.5. The van der Waals surface area contributed by atoms with Gasteiger partial charge < -0.3 is 16.0 Å². The molecular formula is C21H19FN6S. The third kappa shape index (κ3) is 3.76.